The second kappa shape index (κ2) is 56.7. The molecule has 0 aliphatic heterocycles. The summed E-state index contributed by atoms with van der Waals surface area (Å²) in [5.41, 5.74) is 0. The summed E-state index contributed by atoms with van der Waals surface area (Å²) in [7, 11) is 1.59. The molecule has 0 heterocycles. The van der Waals surface area contributed by atoms with Crippen molar-refractivity contribution in [2.45, 2.75) is 347 Å². The number of hydrogen-bond donors (Lipinski definition) is 3. The van der Waals surface area contributed by atoms with Crippen LogP contribution < -0.4 is 5.32 Å². The zero-order valence-electron chi connectivity index (χ0n) is 50.4. The number of carbonyl (C=O) groups is 1. The lowest BCUT2D eigenvalue weighted by atomic mass is 10.0. The normalized spacial score (nSPS) is 13.9. The highest BCUT2D eigenvalue weighted by molar-refractivity contribution is 7.47. The second-order valence-electron chi connectivity index (χ2n) is 23.8. The third-order valence-electron chi connectivity index (χ3n) is 15.2. The number of amides is 1. The van der Waals surface area contributed by atoms with Gasteiger partial charge >= 0.3 is 7.82 Å². The number of unbranched alkanes of at least 4 members (excludes halogenated alkanes) is 46. The largest absolute Gasteiger partial charge is 0.472 e. The molecule has 9 heteroatoms. The van der Waals surface area contributed by atoms with Crippen LogP contribution in [0.1, 0.15) is 335 Å². The molecule has 8 nitrogen and oxygen atoms in total. The van der Waals surface area contributed by atoms with Crippen LogP contribution in [0.2, 0.25) is 0 Å². The van der Waals surface area contributed by atoms with Gasteiger partial charge in [-0.2, -0.15) is 0 Å². The van der Waals surface area contributed by atoms with Crippen LogP contribution >= 0.6 is 7.82 Å². The fraction of sp³-hybridized carbons (Fsp3) is 0.923. The predicted molar refractivity (Wildman–Crippen MR) is 323 cm³/mol. The van der Waals surface area contributed by atoms with E-state index in [9.17, 15) is 19.4 Å². The first kappa shape index (κ1) is 73.0. The number of rotatable bonds is 61. The molecule has 0 radical (unpaired) electrons. The van der Waals surface area contributed by atoms with Crippen LogP contribution in [0.4, 0.5) is 0 Å². The average molecular weight is 1070 g/mol. The zero-order chi connectivity index (χ0) is 54.2. The molecule has 0 aromatic rings. The number of quaternary nitrogens is 1. The fourth-order valence-corrected chi connectivity index (χ4v) is 10.8. The highest BCUT2D eigenvalue weighted by Crippen LogP contribution is 2.43. The van der Waals surface area contributed by atoms with Gasteiger partial charge in [0.15, 0.2) is 0 Å². The Kier molecular flexibility index (Phi) is 55.9. The number of aliphatic hydroxyl groups is 1. The van der Waals surface area contributed by atoms with Gasteiger partial charge in [-0.25, -0.2) is 4.57 Å². The molecule has 0 saturated carbocycles. The third-order valence-corrected chi connectivity index (χ3v) is 16.1. The molecular formula is C65H130N2O6P+. The van der Waals surface area contributed by atoms with Crippen molar-refractivity contribution in [2.75, 3.05) is 40.9 Å². The van der Waals surface area contributed by atoms with E-state index in [-0.39, 0.29) is 19.1 Å². The summed E-state index contributed by atoms with van der Waals surface area (Å²) in [5.74, 6) is -0.171. The molecule has 3 atom stereocenters. The standard InChI is InChI=1S/C65H129N2O6P/c1-6-8-10-12-14-16-18-20-21-22-23-24-25-26-27-28-29-30-31-32-33-34-35-36-37-38-39-40-41-42-43-44-45-47-49-51-53-55-57-59-65(69)66-63(62-73-74(70,71)72-61-60-67(3,4)5)64(68)58-56-54-52-50-48-46-19-17-15-13-11-9-7-2/h22-23,56,58,63-64,68H,6-21,24-55,57,59-62H2,1-5H3,(H-,66,69,70,71)/p+1/b23-22-,58-56+. The molecule has 74 heavy (non-hydrogen) atoms. The molecular weight excluding hydrogens is 936 g/mol. The molecule has 0 fully saturated rings. The minimum Gasteiger partial charge on any atom is -0.387 e. The lowest BCUT2D eigenvalue weighted by Crippen LogP contribution is -2.45. The number of likely N-dealkylation sites (N-methyl/N-ethyl adjacent to an activating group) is 1. The highest BCUT2D eigenvalue weighted by Gasteiger charge is 2.28. The van der Waals surface area contributed by atoms with Crippen molar-refractivity contribution in [3.8, 4) is 0 Å². The van der Waals surface area contributed by atoms with Crippen molar-refractivity contribution < 1.29 is 32.9 Å². The van der Waals surface area contributed by atoms with Crippen LogP contribution in [0.3, 0.4) is 0 Å². The molecule has 0 aliphatic carbocycles. The topological polar surface area (TPSA) is 105 Å². The first-order chi connectivity index (χ1) is 36.0. The second-order valence-corrected chi connectivity index (χ2v) is 25.3. The summed E-state index contributed by atoms with van der Waals surface area (Å²) in [6.07, 6.45) is 73.3. The SMILES string of the molecule is CCCCCCCCCC/C=C\CCCCCCCCCCCCCCCCCCCCCCCCCCCCCC(=O)NC(COP(=O)(O)OCC[N+](C)(C)C)C(O)/C=C/CCCCCCCCCCCCC. The number of phosphoric ester groups is 1. The van der Waals surface area contributed by atoms with E-state index in [4.69, 9.17) is 9.05 Å². The molecule has 3 N–H and O–H groups in total. The Morgan fingerprint density at radius 1 is 0.446 bits per heavy atom. The van der Waals surface area contributed by atoms with E-state index in [0.717, 1.165) is 38.5 Å². The van der Waals surface area contributed by atoms with Crippen molar-refractivity contribution in [3.05, 3.63) is 24.3 Å². The lowest BCUT2D eigenvalue weighted by molar-refractivity contribution is -0.870. The van der Waals surface area contributed by atoms with Gasteiger partial charge in [-0.3, -0.25) is 13.8 Å². The lowest BCUT2D eigenvalue weighted by Gasteiger charge is -2.25. The van der Waals surface area contributed by atoms with Gasteiger partial charge in [-0.15, -0.1) is 0 Å². The maximum absolute atomic E-state index is 13.0. The number of phosphoric acid groups is 1. The molecule has 440 valence electrons. The van der Waals surface area contributed by atoms with Crippen molar-refractivity contribution >= 4 is 13.7 Å². The zero-order valence-corrected chi connectivity index (χ0v) is 51.3. The highest BCUT2D eigenvalue weighted by atomic mass is 31.2. The molecule has 0 aromatic heterocycles. The number of nitrogens with one attached hydrogen (secondary N) is 1. The summed E-state index contributed by atoms with van der Waals surface area (Å²) in [6, 6.07) is -0.842. The maximum atomic E-state index is 13.0. The molecule has 0 bridgehead atoms. The van der Waals surface area contributed by atoms with Gasteiger partial charge in [0.1, 0.15) is 13.2 Å². The van der Waals surface area contributed by atoms with E-state index in [0.29, 0.717) is 17.4 Å². The van der Waals surface area contributed by atoms with Crippen LogP contribution in [0.15, 0.2) is 24.3 Å². The van der Waals surface area contributed by atoms with Crippen LogP contribution in [-0.4, -0.2) is 73.4 Å². The van der Waals surface area contributed by atoms with Gasteiger partial charge in [0.2, 0.25) is 5.91 Å². The average Bonchev–Trinajstić information content (AvgIpc) is 3.36. The Hall–Kier alpha value is -1.02. The van der Waals surface area contributed by atoms with Gasteiger partial charge in [0.05, 0.1) is 39.9 Å². The third kappa shape index (κ3) is 58.7. The van der Waals surface area contributed by atoms with E-state index in [1.54, 1.807) is 6.08 Å². The quantitative estimate of drug-likeness (QED) is 0.0243. The molecule has 0 spiro atoms. The number of carbonyl (C=O) groups excluding carboxylic acids is 1. The Labute approximate surface area is 462 Å². The van der Waals surface area contributed by atoms with Crippen molar-refractivity contribution in [1.29, 1.82) is 0 Å². The Bertz CT molecular complexity index is 1260. The monoisotopic (exact) mass is 1070 g/mol. The minimum atomic E-state index is -4.34. The van der Waals surface area contributed by atoms with E-state index >= 15 is 0 Å². The van der Waals surface area contributed by atoms with Crippen molar-refractivity contribution in [1.82, 2.24) is 5.32 Å². The van der Waals surface area contributed by atoms with Crippen molar-refractivity contribution in [2.24, 2.45) is 0 Å². The Morgan fingerprint density at radius 2 is 0.730 bits per heavy atom. The van der Waals surface area contributed by atoms with E-state index in [1.807, 2.05) is 27.2 Å². The molecule has 0 rings (SSSR count). The number of allylic oxidation sites excluding steroid dienone is 3. The van der Waals surface area contributed by atoms with Gasteiger partial charge in [0.25, 0.3) is 0 Å². The fourth-order valence-electron chi connectivity index (χ4n) is 10.0. The van der Waals surface area contributed by atoms with Crippen molar-refractivity contribution in [3.63, 3.8) is 0 Å². The number of hydrogen-bond acceptors (Lipinski definition) is 5. The first-order valence-electron chi connectivity index (χ1n) is 32.7. The molecule has 1 amide bonds. The molecule has 0 aliphatic rings. The van der Waals surface area contributed by atoms with E-state index in [1.165, 1.54) is 276 Å². The summed E-state index contributed by atoms with van der Waals surface area (Å²) < 4.78 is 23.7. The van der Waals surface area contributed by atoms with Gasteiger partial charge < -0.3 is 19.8 Å². The van der Waals surface area contributed by atoms with Gasteiger partial charge in [-0.05, 0) is 44.9 Å². The van der Waals surface area contributed by atoms with Crippen LogP contribution in [0, 0.1) is 0 Å². The van der Waals surface area contributed by atoms with Crippen LogP contribution in [0.5, 0.6) is 0 Å². The number of aliphatic hydroxyl groups excluding tert-OH is 1. The molecule has 0 saturated heterocycles. The summed E-state index contributed by atoms with van der Waals surface area (Å²) in [6.45, 7) is 4.85. The maximum Gasteiger partial charge on any atom is 0.472 e. The predicted octanol–water partition coefficient (Wildman–Crippen LogP) is 20.3. The molecule has 0 aromatic carbocycles. The van der Waals surface area contributed by atoms with Crippen LogP contribution in [0.25, 0.3) is 0 Å². The Balaban J connectivity index is 3.84. The van der Waals surface area contributed by atoms with Gasteiger partial charge in [-0.1, -0.05) is 308 Å². The first-order valence-corrected chi connectivity index (χ1v) is 34.2. The minimum absolute atomic E-state index is 0.0643. The summed E-state index contributed by atoms with van der Waals surface area (Å²) in [4.78, 5) is 23.3. The Morgan fingerprint density at radius 3 is 1.04 bits per heavy atom. The van der Waals surface area contributed by atoms with E-state index < -0.39 is 20.0 Å². The van der Waals surface area contributed by atoms with E-state index in [2.05, 4.69) is 31.3 Å². The summed E-state index contributed by atoms with van der Waals surface area (Å²) in [5, 5.41) is 13.9. The summed E-state index contributed by atoms with van der Waals surface area (Å²) >= 11 is 0. The number of nitrogens with zero attached hydrogens (tertiary/aromatic N) is 1. The smallest absolute Gasteiger partial charge is 0.387 e. The molecule has 3 unspecified atom stereocenters. The van der Waals surface area contributed by atoms with Gasteiger partial charge in [0, 0.05) is 6.42 Å². The van der Waals surface area contributed by atoms with Crippen LogP contribution in [-0.2, 0) is 18.4 Å².